The lowest BCUT2D eigenvalue weighted by Crippen LogP contribution is -2.11. The zero-order valence-electron chi connectivity index (χ0n) is 9.45. The maximum atomic E-state index is 8.88. The molecule has 0 radical (unpaired) electrons. The van der Waals surface area contributed by atoms with Crippen LogP contribution in [0.2, 0.25) is 0 Å². The molecular formula is C13H15N3O. The van der Waals surface area contributed by atoms with Gasteiger partial charge in [-0.15, -0.1) is 0 Å². The summed E-state index contributed by atoms with van der Waals surface area (Å²) in [5.41, 5.74) is 7.88. The van der Waals surface area contributed by atoms with Gasteiger partial charge < -0.3 is 10.8 Å². The summed E-state index contributed by atoms with van der Waals surface area (Å²) in [6.07, 6.45) is 3.98. The Labute approximate surface area is 100 Å². The summed E-state index contributed by atoms with van der Waals surface area (Å²) >= 11 is 0. The highest BCUT2D eigenvalue weighted by atomic mass is 16.3. The minimum atomic E-state index is -0.149. The summed E-state index contributed by atoms with van der Waals surface area (Å²) in [5, 5.41) is 8.88. The highest BCUT2D eigenvalue weighted by molar-refractivity contribution is 5.55. The highest BCUT2D eigenvalue weighted by Crippen LogP contribution is 2.20. The molecule has 4 nitrogen and oxygen atoms in total. The fraction of sp³-hybridized carbons (Fsp3) is 0.231. The lowest BCUT2D eigenvalue weighted by atomic mass is 10.0. The quantitative estimate of drug-likeness (QED) is 0.833. The van der Waals surface area contributed by atoms with Crippen LogP contribution < -0.4 is 5.73 Å². The summed E-state index contributed by atoms with van der Waals surface area (Å²) in [4.78, 5) is 8.39. The first-order valence-corrected chi connectivity index (χ1v) is 5.55. The van der Waals surface area contributed by atoms with Gasteiger partial charge in [0.25, 0.3) is 0 Å². The Morgan fingerprint density at radius 1 is 1.18 bits per heavy atom. The summed E-state index contributed by atoms with van der Waals surface area (Å²) in [6, 6.07) is 9.43. The van der Waals surface area contributed by atoms with Crippen LogP contribution in [0.5, 0.6) is 0 Å². The molecule has 3 N–H and O–H groups in total. The number of aromatic nitrogens is 2. The van der Waals surface area contributed by atoms with Crippen LogP contribution in [-0.4, -0.2) is 21.7 Å². The average molecular weight is 229 g/mol. The van der Waals surface area contributed by atoms with Gasteiger partial charge in [0.15, 0.2) is 5.82 Å². The number of aliphatic hydroxyl groups excluding tert-OH is 1. The lowest BCUT2D eigenvalue weighted by molar-refractivity contribution is 0.276. The van der Waals surface area contributed by atoms with E-state index in [4.69, 9.17) is 10.8 Å². The maximum Gasteiger partial charge on any atom is 0.159 e. The normalized spacial score (nSPS) is 12.4. The van der Waals surface area contributed by atoms with E-state index in [1.165, 1.54) is 0 Å². The second kappa shape index (κ2) is 5.52. The van der Waals surface area contributed by atoms with Crippen molar-refractivity contribution >= 4 is 0 Å². The third-order valence-electron chi connectivity index (χ3n) is 2.58. The molecular weight excluding hydrogens is 214 g/mol. The van der Waals surface area contributed by atoms with E-state index < -0.39 is 0 Å². The molecule has 0 saturated carbocycles. The molecule has 1 unspecified atom stereocenters. The van der Waals surface area contributed by atoms with Crippen LogP contribution in [0.4, 0.5) is 0 Å². The lowest BCUT2D eigenvalue weighted by Gasteiger charge is -2.11. The molecule has 88 valence electrons. The minimum Gasteiger partial charge on any atom is -0.396 e. The van der Waals surface area contributed by atoms with Gasteiger partial charge >= 0.3 is 0 Å². The van der Waals surface area contributed by atoms with Crippen molar-refractivity contribution < 1.29 is 5.11 Å². The van der Waals surface area contributed by atoms with E-state index in [1.807, 2.05) is 24.3 Å². The Kier molecular flexibility index (Phi) is 3.80. The van der Waals surface area contributed by atoms with Crippen molar-refractivity contribution in [1.29, 1.82) is 0 Å². The van der Waals surface area contributed by atoms with Crippen LogP contribution in [0.3, 0.4) is 0 Å². The van der Waals surface area contributed by atoms with Gasteiger partial charge in [0.05, 0.1) is 0 Å². The van der Waals surface area contributed by atoms with Crippen molar-refractivity contribution in [1.82, 2.24) is 9.97 Å². The zero-order valence-corrected chi connectivity index (χ0v) is 9.45. The molecule has 0 spiro atoms. The van der Waals surface area contributed by atoms with Gasteiger partial charge in [-0.1, -0.05) is 18.2 Å². The molecule has 17 heavy (non-hydrogen) atoms. The molecule has 1 aromatic heterocycles. The largest absolute Gasteiger partial charge is 0.396 e. The average Bonchev–Trinajstić information content (AvgIpc) is 2.40. The number of benzene rings is 1. The highest BCUT2D eigenvalue weighted by Gasteiger charge is 2.07. The smallest absolute Gasteiger partial charge is 0.159 e. The van der Waals surface area contributed by atoms with E-state index in [-0.39, 0.29) is 12.6 Å². The Hall–Kier alpha value is -1.78. The maximum absolute atomic E-state index is 8.88. The van der Waals surface area contributed by atoms with E-state index >= 15 is 0 Å². The summed E-state index contributed by atoms with van der Waals surface area (Å²) in [6.45, 7) is 0.0905. The molecule has 1 heterocycles. The van der Waals surface area contributed by atoms with E-state index in [9.17, 15) is 0 Å². The first-order chi connectivity index (χ1) is 8.31. The van der Waals surface area contributed by atoms with E-state index in [2.05, 4.69) is 9.97 Å². The number of hydrogen-bond donors (Lipinski definition) is 2. The van der Waals surface area contributed by atoms with Crippen molar-refractivity contribution in [3.8, 4) is 11.4 Å². The zero-order chi connectivity index (χ0) is 12.1. The predicted octanol–water partition coefficient (Wildman–Crippen LogP) is 1.53. The molecule has 0 saturated heterocycles. The fourth-order valence-corrected chi connectivity index (χ4v) is 1.66. The van der Waals surface area contributed by atoms with Crippen LogP contribution in [0.1, 0.15) is 18.0 Å². The molecule has 1 atom stereocenters. The molecule has 2 rings (SSSR count). The van der Waals surface area contributed by atoms with Gasteiger partial charge in [0, 0.05) is 30.6 Å². The predicted molar refractivity (Wildman–Crippen MR) is 66.1 cm³/mol. The van der Waals surface area contributed by atoms with Crippen molar-refractivity contribution in [2.24, 2.45) is 5.73 Å². The van der Waals surface area contributed by atoms with Crippen molar-refractivity contribution in [3.63, 3.8) is 0 Å². The number of hydrogen-bond acceptors (Lipinski definition) is 4. The molecule has 0 amide bonds. The molecule has 1 aromatic carbocycles. The Morgan fingerprint density at radius 2 is 1.94 bits per heavy atom. The number of rotatable bonds is 4. The fourth-order valence-electron chi connectivity index (χ4n) is 1.66. The molecule has 0 fully saturated rings. The van der Waals surface area contributed by atoms with Crippen molar-refractivity contribution in [3.05, 3.63) is 48.3 Å². The Balaban J connectivity index is 2.29. The van der Waals surface area contributed by atoms with Crippen LogP contribution in [-0.2, 0) is 0 Å². The third kappa shape index (κ3) is 2.87. The Bertz CT molecular complexity index is 473. The molecule has 4 heteroatoms. The number of nitrogens with two attached hydrogens (primary N) is 1. The third-order valence-corrected chi connectivity index (χ3v) is 2.58. The second-order valence-electron chi connectivity index (χ2n) is 3.82. The SMILES string of the molecule is NC(CCO)c1cccc(-c2ncccn2)c1. The van der Waals surface area contributed by atoms with E-state index in [0.29, 0.717) is 12.2 Å². The molecule has 0 bridgehead atoms. The van der Waals surface area contributed by atoms with E-state index in [1.54, 1.807) is 18.5 Å². The van der Waals surface area contributed by atoms with Crippen LogP contribution in [0.25, 0.3) is 11.4 Å². The van der Waals surface area contributed by atoms with Gasteiger partial charge in [-0.3, -0.25) is 0 Å². The monoisotopic (exact) mass is 229 g/mol. The summed E-state index contributed by atoms with van der Waals surface area (Å²) in [5.74, 6) is 0.686. The molecule has 0 aliphatic carbocycles. The van der Waals surface area contributed by atoms with Crippen LogP contribution >= 0.6 is 0 Å². The topological polar surface area (TPSA) is 72.0 Å². The van der Waals surface area contributed by atoms with Crippen LogP contribution in [0.15, 0.2) is 42.7 Å². The second-order valence-corrected chi connectivity index (χ2v) is 3.82. The summed E-state index contributed by atoms with van der Waals surface area (Å²) in [7, 11) is 0. The van der Waals surface area contributed by atoms with Gasteiger partial charge in [-0.2, -0.15) is 0 Å². The van der Waals surface area contributed by atoms with E-state index in [0.717, 1.165) is 11.1 Å². The first kappa shape index (κ1) is 11.7. The first-order valence-electron chi connectivity index (χ1n) is 5.55. The van der Waals surface area contributed by atoms with Crippen molar-refractivity contribution in [2.75, 3.05) is 6.61 Å². The molecule has 2 aromatic rings. The van der Waals surface area contributed by atoms with Gasteiger partial charge in [-0.25, -0.2) is 9.97 Å². The molecule has 0 aliphatic rings. The molecule has 0 aliphatic heterocycles. The van der Waals surface area contributed by atoms with Crippen LogP contribution in [0, 0.1) is 0 Å². The standard InChI is InChI=1S/C13H15N3O/c14-12(5-8-17)10-3-1-4-11(9-10)13-15-6-2-7-16-13/h1-4,6-7,9,12,17H,5,8,14H2. The van der Waals surface area contributed by atoms with Gasteiger partial charge in [0.2, 0.25) is 0 Å². The Morgan fingerprint density at radius 3 is 2.65 bits per heavy atom. The van der Waals surface area contributed by atoms with Crippen molar-refractivity contribution in [2.45, 2.75) is 12.5 Å². The van der Waals surface area contributed by atoms with Gasteiger partial charge in [-0.05, 0) is 24.1 Å². The minimum absolute atomic E-state index is 0.0905. The van der Waals surface area contributed by atoms with Gasteiger partial charge in [0.1, 0.15) is 0 Å². The number of nitrogens with zero attached hydrogens (tertiary/aromatic N) is 2. The number of aliphatic hydroxyl groups is 1. The summed E-state index contributed by atoms with van der Waals surface area (Å²) < 4.78 is 0.